The van der Waals surface area contributed by atoms with E-state index in [4.69, 9.17) is 0 Å². The van der Waals surface area contributed by atoms with E-state index in [1.54, 1.807) is 0 Å². The van der Waals surface area contributed by atoms with Crippen molar-refractivity contribution < 1.29 is 5.11 Å². The van der Waals surface area contributed by atoms with E-state index in [1.807, 2.05) is 0 Å². The zero-order chi connectivity index (χ0) is 19.4. The first-order chi connectivity index (χ1) is 12.2. The zero-order valence-corrected chi connectivity index (χ0v) is 18.0. The molecule has 0 radical (unpaired) electrons. The highest BCUT2D eigenvalue weighted by Gasteiger charge is 2.49. The van der Waals surface area contributed by atoms with Gasteiger partial charge in [0.2, 0.25) is 0 Å². The molecule has 1 fully saturated rings. The molecule has 1 aliphatic rings. The summed E-state index contributed by atoms with van der Waals surface area (Å²) in [5, 5.41) is 10.2. The number of likely N-dealkylation sites (tertiary alicyclic amines) is 1. The van der Waals surface area contributed by atoms with E-state index >= 15 is 0 Å². The third-order valence-electron chi connectivity index (χ3n) is 7.06. The minimum Gasteiger partial charge on any atom is -0.393 e. The van der Waals surface area contributed by atoms with Crippen molar-refractivity contribution in [2.24, 2.45) is 5.92 Å². The van der Waals surface area contributed by atoms with Crippen LogP contribution in [0, 0.1) is 5.92 Å². The van der Waals surface area contributed by atoms with Crippen molar-refractivity contribution in [1.29, 1.82) is 0 Å². The summed E-state index contributed by atoms with van der Waals surface area (Å²) in [6, 6.07) is 11.1. The lowest BCUT2D eigenvalue weighted by Crippen LogP contribution is -2.62. The molecule has 1 aromatic carbocycles. The molecule has 148 valence electrons. The van der Waals surface area contributed by atoms with Crippen molar-refractivity contribution >= 4 is 0 Å². The van der Waals surface area contributed by atoms with Crippen molar-refractivity contribution in [2.75, 3.05) is 7.05 Å². The highest BCUT2D eigenvalue weighted by Crippen LogP contribution is 2.50. The maximum Gasteiger partial charge on any atom is 0.0540 e. The largest absolute Gasteiger partial charge is 0.393 e. The Balaban J connectivity index is 2.15. The number of hydrogen-bond donors (Lipinski definition) is 1. The Bertz CT molecular complexity index is 536. The third kappa shape index (κ3) is 4.89. The maximum atomic E-state index is 10.2. The van der Waals surface area contributed by atoms with Gasteiger partial charge in [0.25, 0.3) is 0 Å². The van der Waals surface area contributed by atoms with Crippen molar-refractivity contribution in [3.05, 3.63) is 35.9 Å². The molecule has 1 saturated heterocycles. The summed E-state index contributed by atoms with van der Waals surface area (Å²) in [6.45, 7) is 11.8. The second-order valence-corrected chi connectivity index (χ2v) is 9.58. The van der Waals surface area contributed by atoms with Gasteiger partial charge in [-0.2, -0.15) is 0 Å². The Morgan fingerprint density at radius 3 is 2.31 bits per heavy atom. The van der Waals surface area contributed by atoms with E-state index in [9.17, 15) is 5.11 Å². The number of nitrogens with zero attached hydrogens (tertiary/aromatic N) is 1. The Labute approximate surface area is 162 Å². The number of rotatable bonds is 8. The van der Waals surface area contributed by atoms with Gasteiger partial charge < -0.3 is 5.11 Å². The summed E-state index contributed by atoms with van der Waals surface area (Å²) in [5.41, 5.74) is 1.83. The summed E-state index contributed by atoms with van der Waals surface area (Å²) in [4.78, 5) is 2.59. The molecule has 0 aliphatic carbocycles. The van der Waals surface area contributed by atoms with Crippen LogP contribution < -0.4 is 0 Å². The first kappa shape index (κ1) is 21.4. The lowest BCUT2D eigenvalue weighted by atomic mass is 9.63. The lowest BCUT2D eigenvalue weighted by molar-refractivity contribution is -0.0612. The molecule has 1 aliphatic heterocycles. The molecule has 0 saturated carbocycles. The minimum absolute atomic E-state index is 0.119. The molecule has 1 N–H and O–H groups in total. The Morgan fingerprint density at radius 1 is 1.08 bits per heavy atom. The van der Waals surface area contributed by atoms with Gasteiger partial charge >= 0.3 is 0 Å². The molecule has 1 aromatic rings. The summed E-state index contributed by atoms with van der Waals surface area (Å²) in [7, 11) is 2.30. The van der Waals surface area contributed by atoms with E-state index in [0.717, 1.165) is 25.7 Å². The van der Waals surface area contributed by atoms with Crippen LogP contribution in [-0.4, -0.2) is 34.2 Å². The second-order valence-electron chi connectivity index (χ2n) is 9.58. The maximum absolute atomic E-state index is 10.2. The first-order valence-corrected chi connectivity index (χ1v) is 10.7. The van der Waals surface area contributed by atoms with E-state index < -0.39 is 0 Å². The number of piperidine rings is 1. The molecule has 3 atom stereocenters. The molecular formula is C24H41NO. The van der Waals surface area contributed by atoms with Crippen LogP contribution in [-0.2, 0) is 0 Å². The van der Waals surface area contributed by atoms with Gasteiger partial charge in [0, 0.05) is 11.1 Å². The van der Waals surface area contributed by atoms with Gasteiger partial charge in [0.05, 0.1) is 6.10 Å². The van der Waals surface area contributed by atoms with E-state index in [0.29, 0.717) is 11.8 Å². The highest BCUT2D eigenvalue weighted by molar-refractivity contribution is 5.24. The van der Waals surface area contributed by atoms with Gasteiger partial charge in [0.15, 0.2) is 0 Å². The number of benzene rings is 1. The number of aliphatic hydroxyl groups is 1. The Kier molecular flexibility index (Phi) is 7.33. The summed E-state index contributed by atoms with van der Waals surface area (Å²) in [5.74, 6) is 1.20. The predicted molar refractivity (Wildman–Crippen MR) is 113 cm³/mol. The average Bonchev–Trinajstić information content (AvgIpc) is 2.61. The minimum atomic E-state index is -0.119. The third-order valence-corrected chi connectivity index (χ3v) is 7.06. The van der Waals surface area contributed by atoms with Crippen LogP contribution in [0.4, 0.5) is 0 Å². The quantitative estimate of drug-likeness (QED) is 0.615. The van der Waals surface area contributed by atoms with E-state index in [-0.39, 0.29) is 17.2 Å². The van der Waals surface area contributed by atoms with E-state index in [2.05, 4.69) is 76.9 Å². The molecule has 2 nitrogen and oxygen atoms in total. The molecule has 0 amide bonds. The van der Waals surface area contributed by atoms with Gasteiger partial charge in [0.1, 0.15) is 0 Å². The molecule has 2 heteroatoms. The zero-order valence-electron chi connectivity index (χ0n) is 18.0. The fraction of sp³-hybridized carbons (Fsp3) is 0.750. The normalized spacial score (nSPS) is 26.6. The summed E-state index contributed by atoms with van der Waals surface area (Å²) < 4.78 is 0. The van der Waals surface area contributed by atoms with Gasteiger partial charge in [-0.1, -0.05) is 56.5 Å². The van der Waals surface area contributed by atoms with Crippen LogP contribution in [0.1, 0.15) is 91.0 Å². The second kappa shape index (κ2) is 8.89. The SMILES string of the molecule is CCCCC(O)CCCC1C(c2ccccc2)CC(C)(C)N(C)C1(C)C. The van der Waals surface area contributed by atoms with E-state index in [1.165, 1.54) is 24.8 Å². The molecule has 0 spiro atoms. The summed E-state index contributed by atoms with van der Waals surface area (Å²) >= 11 is 0. The predicted octanol–water partition coefficient (Wildman–Crippen LogP) is 6.00. The topological polar surface area (TPSA) is 23.5 Å². The fourth-order valence-electron chi connectivity index (χ4n) is 5.10. The number of hydrogen-bond acceptors (Lipinski definition) is 2. The van der Waals surface area contributed by atoms with Crippen molar-refractivity contribution in [3.8, 4) is 0 Å². The number of unbranched alkanes of at least 4 members (excludes halogenated alkanes) is 1. The Morgan fingerprint density at radius 2 is 1.69 bits per heavy atom. The molecule has 26 heavy (non-hydrogen) atoms. The molecule has 2 rings (SSSR count). The average molecular weight is 360 g/mol. The van der Waals surface area contributed by atoms with Crippen LogP contribution in [0.25, 0.3) is 0 Å². The number of aliphatic hydroxyl groups excluding tert-OH is 1. The van der Waals surface area contributed by atoms with Gasteiger partial charge in [-0.3, -0.25) is 4.90 Å². The first-order valence-electron chi connectivity index (χ1n) is 10.7. The molecule has 1 heterocycles. The molecular weight excluding hydrogens is 318 g/mol. The highest BCUT2D eigenvalue weighted by atomic mass is 16.3. The van der Waals surface area contributed by atoms with Crippen LogP contribution in [0.15, 0.2) is 30.3 Å². The van der Waals surface area contributed by atoms with Crippen molar-refractivity contribution in [1.82, 2.24) is 4.90 Å². The molecule has 0 aromatic heterocycles. The fourth-order valence-corrected chi connectivity index (χ4v) is 5.10. The monoisotopic (exact) mass is 359 g/mol. The van der Waals surface area contributed by atoms with Gasteiger partial charge in [-0.05, 0) is 77.8 Å². The van der Waals surface area contributed by atoms with Crippen LogP contribution in [0.2, 0.25) is 0 Å². The molecule has 3 unspecified atom stereocenters. The van der Waals surface area contributed by atoms with Crippen molar-refractivity contribution in [2.45, 2.75) is 103 Å². The lowest BCUT2D eigenvalue weighted by Gasteiger charge is -2.58. The van der Waals surface area contributed by atoms with Crippen LogP contribution in [0.3, 0.4) is 0 Å². The van der Waals surface area contributed by atoms with Gasteiger partial charge in [-0.25, -0.2) is 0 Å². The standard InChI is InChI=1S/C24H41NO/c1-7-8-15-20(26)16-12-17-22-21(19-13-10-9-11-14-19)18-23(2,3)25(6)24(22,4)5/h9-11,13-14,20-22,26H,7-8,12,15-18H2,1-6H3. The van der Waals surface area contributed by atoms with Gasteiger partial charge in [-0.15, -0.1) is 0 Å². The molecule has 0 bridgehead atoms. The smallest absolute Gasteiger partial charge is 0.0540 e. The van der Waals surface area contributed by atoms with Crippen LogP contribution in [0.5, 0.6) is 0 Å². The Hall–Kier alpha value is -0.860. The van der Waals surface area contributed by atoms with Crippen LogP contribution >= 0.6 is 0 Å². The summed E-state index contributed by atoms with van der Waals surface area (Å²) in [6.07, 6.45) is 7.60. The van der Waals surface area contributed by atoms with Crippen molar-refractivity contribution in [3.63, 3.8) is 0 Å².